The Hall–Kier alpha value is -3.62. The highest BCUT2D eigenvalue weighted by Crippen LogP contribution is 2.38. The van der Waals surface area contributed by atoms with Crippen LogP contribution in [0.2, 0.25) is 0 Å². The van der Waals surface area contributed by atoms with E-state index in [1.165, 1.54) is 16.8 Å². The number of hydrogen-bond donors (Lipinski definition) is 1. The standard InChI is InChI=1S/C23H24N4O5/c1-2-7-27-20-16(21(28)25-23(27)30)11-15(13-24-20)22(29)26-8-3-4-17(26)14-5-6-18-19(12-14)32-10-9-31-18/h5-6,11-13,17H,2-4,7-10H2,1H3,(H,25,28,30)/t17-/m0/s1. The lowest BCUT2D eigenvalue weighted by Crippen LogP contribution is -2.33. The van der Waals surface area contributed by atoms with E-state index in [1.807, 2.05) is 30.0 Å². The number of aryl methyl sites for hydroxylation is 1. The first-order valence-electron chi connectivity index (χ1n) is 10.9. The molecule has 3 aromatic rings. The molecular formula is C23H24N4O5. The Morgan fingerprint density at radius 2 is 2.00 bits per heavy atom. The predicted molar refractivity (Wildman–Crippen MR) is 117 cm³/mol. The molecule has 0 saturated carbocycles. The number of amides is 1. The van der Waals surface area contributed by atoms with Crippen LogP contribution in [0.4, 0.5) is 0 Å². The molecule has 2 aliphatic heterocycles. The van der Waals surface area contributed by atoms with E-state index in [1.54, 1.807) is 0 Å². The lowest BCUT2D eigenvalue weighted by Gasteiger charge is -2.27. The summed E-state index contributed by atoms with van der Waals surface area (Å²) in [4.78, 5) is 46.4. The van der Waals surface area contributed by atoms with Crippen molar-refractivity contribution >= 4 is 16.9 Å². The van der Waals surface area contributed by atoms with Crippen LogP contribution in [0.3, 0.4) is 0 Å². The van der Waals surface area contributed by atoms with Crippen LogP contribution in [0.5, 0.6) is 11.5 Å². The third-order valence-corrected chi connectivity index (χ3v) is 5.99. The zero-order chi connectivity index (χ0) is 22.2. The van der Waals surface area contributed by atoms with E-state index >= 15 is 0 Å². The number of hydrogen-bond acceptors (Lipinski definition) is 6. The Bertz CT molecular complexity index is 1310. The van der Waals surface area contributed by atoms with Gasteiger partial charge >= 0.3 is 5.69 Å². The van der Waals surface area contributed by atoms with Gasteiger partial charge in [-0.2, -0.15) is 0 Å². The van der Waals surface area contributed by atoms with Crippen LogP contribution in [-0.2, 0) is 6.54 Å². The monoisotopic (exact) mass is 436 g/mol. The second kappa shape index (κ2) is 8.14. The highest BCUT2D eigenvalue weighted by Gasteiger charge is 2.32. The van der Waals surface area contributed by atoms with Crippen molar-refractivity contribution in [2.45, 2.75) is 38.8 Å². The number of nitrogens with zero attached hydrogens (tertiary/aromatic N) is 3. The van der Waals surface area contributed by atoms with E-state index in [2.05, 4.69) is 9.97 Å². The fourth-order valence-corrected chi connectivity index (χ4v) is 4.51. The summed E-state index contributed by atoms with van der Waals surface area (Å²) in [7, 11) is 0. The summed E-state index contributed by atoms with van der Waals surface area (Å²) in [5.74, 6) is 1.22. The molecule has 2 aliphatic rings. The number of nitrogens with one attached hydrogen (secondary N) is 1. The Balaban J connectivity index is 1.49. The van der Waals surface area contributed by atoms with Crippen LogP contribution >= 0.6 is 0 Å². The van der Waals surface area contributed by atoms with Gasteiger partial charge in [-0.15, -0.1) is 0 Å². The molecule has 9 nitrogen and oxygen atoms in total. The quantitative estimate of drug-likeness (QED) is 0.672. The van der Waals surface area contributed by atoms with Crippen LogP contribution in [0.25, 0.3) is 11.0 Å². The van der Waals surface area contributed by atoms with Gasteiger partial charge in [0.2, 0.25) is 0 Å². The van der Waals surface area contributed by atoms with Gasteiger partial charge in [0, 0.05) is 19.3 Å². The Kier molecular flexibility index (Phi) is 5.16. The molecule has 0 aliphatic carbocycles. The number of benzene rings is 1. The van der Waals surface area contributed by atoms with Crippen LogP contribution in [-0.4, -0.2) is 45.1 Å². The van der Waals surface area contributed by atoms with E-state index in [9.17, 15) is 14.4 Å². The van der Waals surface area contributed by atoms with E-state index in [4.69, 9.17) is 9.47 Å². The molecule has 0 bridgehead atoms. The largest absolute Gasteiger partial charge is 0.486 e. The first kappa shape index (κ1) is 20.3. The number of aromatic nitrogens is 3. The second-order valence-corrected chi connectivity index (χ2v) is 8.07. The maximum atomic E-state index is 13.4. The summed E-state index contributed by atoms with van der Waals surface area (Å²) in [6.45, 7) is 4.02. The van der Waals surface area contributed by atoms with Gasteiger partial charge in [-0.3, -0.25) is 19.1 Å². The smallest absolute Gasteiger partial charge is 0.329 e. The number of likely N-dealkylation sites (tertiary alicyclic amines) is 1. The highest BCUT2D eigenvalue weighted by atomic mass is 16.6. The Morgan fingerprint density at radius 1 is 1.19 bits per heavy atom. The molecule has 1 amide bonds. The fraction of sp³-hybridized carbons (Fsp3) is 0.391. The zero-order valence-corrected chi connectivity index (χ0v) is 17.8. The number of aromatic amines is 1. The first-order chi connectivity index (χ1) is 15.6. The van der Waals surface area contributed by atoms with Crippen LogP contribution in [0, 0.1) is 0 Å². The van der Waals surface area contributed by atoms with Gasteiger partial charge < -0.3 is 14.4 Å². The third-order valence-electron chi connectivity index (χ3n) is 5.99. The van der Waals surface area contributed by atoms with Crippen molar-refractivity contribution in [2.75, 3.05) is 19.8 Å². The normalized spacial score (nSPS) is 17.7. The molecule has 4 heterocycles. The van der Waals surface area contributed by atoms with Crippen molar-refractivity contribution in [2.24, 2.45) is 0 Å². The number of carbonyl (C=O) groups excluding carboxylic acids is 1. The molecule has 5 rings (SSSR count). The Labute approximate surface area is 183 Å². The SMILES string of the molecule is CCCn1c(=O)[nH]c(=O)c2cc(C(=O)N3CCC[C@H]3c3ccc4c(c3)OCCO4)cnc21. The van der Waals surface area contributed by atoms with E-state index < -0.39 is 11.2 Å². The summed E-state index contributed by atoms with van der Waals surface area (Å²) in [6, 6.07) is 7.23. The minimum Gasteiger partial charge on any atom is -0.486 e. The van der Waals surface area contributed by atoms with E-state index in [0.717, 1.165) is 18.4 Å². The van der Waals surface area contributed by atoms with Crippen molar-refractivity contribution in [3.63, 3.8) is 0 Å². The van der Waals surface area contributed by atoms with Crippen molar-refractivity contribution in [1.82, 2.24) is 19.4 Å². The second-order valence-electron chi connectivity index (χ2n) is 8.07. The molecule has 166 valence electrons. The van der Waals surface area contributed by atoms with Crippen LogP contribution in [0.1, 0.15) is 48.1 Å². The maximum Gasteiger partial charge on any atom is 0.329 e. The molecule has 1 atom stereocenters. The van der Waals surface area contributed by atoms with Crippen molar-refractivity contribution < 1.29 is 14.3 Å². The molecular weight excluding hydrogens is 412 g/mol. The molecule has 2 aromatic heterocycles. The molecule has 32 heavy (non-hydrogen) atoms. The van der Waals surface area contributed by atoms with Crippen LogP contribution in [0.15, 0.2) is 40.1 Å². The summed E-state index contributed by atoms with van der Waals surface area (Å²) in [5.41, 5.74) is 0.582. The van der Waals surface area contributed by atoms with Gasteiger partial charge in [0.1, 0.15) is 18.9 Å². The number of rotatable bonds is 4. The summed E-state index contributed by atoms with van der Waals surface area (Å²) in [5, 5.41) is 0.235. The van der Waals surface area contributed by atoms with Gasteiger partial charge in [-0.05, 0) is 43.0 Å². The van der Waals surface area contributed by atoms with Gasteiger partial charge in [-0.1, -0.05) is 13.0 Å². The van der Waals surface area contributed by atoms with Crippen molar-refractivity contribution in [3.8, 4) is 11.5 Å². The molecule has 1 fully saturated rings. The Morgan fingerprint density at radius 3 is 2.81 bits per heavy atom. The van der Waals surface area contributed by atoms with Crippen molar-refractivity contribution in [1.29, 1.82) is 0 Å². The molecule has 0 unspecified atom stereocenters. The topological polar surface area (TPSA) is 107 Å². The number of fused-ring (bicyclic) bond motifs is 2. The van der Waals surface area contributed by atoms with E-state index in [0.29, 0.717) is 55.4 Å². The zero-order valence-electron chi connectivity index (χ0n) is 17.8. The molecule has 9 heteroatoms. The molecule has 1 aromatic carbocycles. The predicted octanol–water partition coefficient (Wildman–Crippen LogP) is 2.24. The van der Waals surface area contributed by atoms with Crippen LogP contribution < -0.4 is 20.7 Å². The summed E-state index contributed by atoms with van der Waals surface area (Å²) >= 11 is 0. The average molecular weight is 436 g/mol. The number of pyridine rings is 1. The number of carbonyl (C=O) groups is 1. The van der Waals surface area contributed by atoms with Gasteiger partial charge in [0.25, 0.3) is 11.5 Å². The lowest BCUT2D eigenvalue weighted by atomic mass is 10.0. The molecule has 1 saturated heterocycles. The molecule has 0 radical (unpaired) electrons. The maximum absolute atomic E-state index is 13.4. The first-order valence-corrected chi connectivity index (χ1v) is 10.9. The van der Waals surface area contributed by atoms with Crippen molar-refractivity contribution in [3.05, 3.63) is 62.4 Å². The van der Waals surface area contributed by atoms with Gasteiger partial charge in [0.15, 0.2) is 11.5 Å². The molecule has 1 N–H and O–H groups in total. The minimum atomic E-state index is -0.538. The third kappa shape index (κ3) is 3.43. The van der Waals surface area contributed by atoms with E-state index in [-0.39, 0.29) is 17.3 Å². The lowest BCUT2D eigenvalue weighted by molar-refractivity contribution is 0.0735. The van der Waals surface area contributed by atoms with Gasteiger partial charge in [-0.25, -0.2) is 9.78 Å². The van der Waals surface area contributed by atoms with Gasteiger partial charge in [0.05, 0.1) is 17.0 Å². The minimum absolute atomic E-state index is 0.0960. The summed E-state index contributed by atoms with van der Waals surface area (Å²) in [6.07, 6.45) is 3.88. The summed E-state index contributed by atoms with van der Waals surface area (Å²) < 4.78 is 12.7. The average Bonchev–Trinajstić information content (AvgIpc) is 3.30. The number of H-pyrrole nitrogens is 1. The fourth-order valence-electron chi connectivity index (χ4n) is 4.51. The highest BCUT2D eigenvalue weighted by molar-refractivity contribution is 5.97. The molecule has 0 spiro atoms. The number of ether oxygens (including phenoxy) is 2.